The van der Waals surface area contributed by atoms with Crippen LogP contribution in [0.1, 0.15) is 32.3 Å². The molecular formula is C13H18O2. The number of hydrogen-bond donors (Lipinski definition) is 0. The molecule has 0 amide bonds. The summed E-state index contributed by atoms with van der Waals surface area (Å²) in [5, 5.41) is 0. The van der Waals surface area contributed by atoms with Crippen molar-refractivity contribution in [3.8, 4) is 5.75 Å². The summed E-state index contributed by atoms with van der Waals surface area (Å²) in [5.41, 5.74) is 1.16. The Morgan fingerprint density at radius 1 is 1.33 bits per heavy atom. The molecule has 1 unspecified atom stereocenters. The van der Waals surface area contributed by atoms with E-state index in [9.17, 15) is 4.79 Å². The van der Waals surface area contributed by atoms with Gasteiger partial charge in [0.15, 0.2) is 0 Å². The van der Waals surface area contributed by atoms with Crippen LogP contribution in [0.15, 0.2) is 24.3 Å². The first-order valence-corrected chi connectivity index (χ1v) is 5.42. The molecule has 0 saturated carbocycles. The number of ether oxygens (including phenoxy) is 1. The third-order valence-electron chi connectivity index (χ3n) is 2.36. The monoisotopic (exact) mass is 206 g/mol. The van der Waals surface area contributed by atoms with E-state index in [-0.39, 0.29) is 11.9 Å². The molecule has 0 heterocycles. The van der Waals surface area contributed by atoms with Crippen LogP contribution < -0.4 is 4.74 Å². The summed E-state index contributed by atoms with van der Waals surface area (Å²) in [6, 6.07) is 7.53. The highest BCUT2D eigenvalue weighted by molar-refractivity contribution is 5.74. The van der Waals surface area contributed by atoms with Gasteiger partial charge in [-0.15, -0.1) is 0 Å². The molecule has 0 aliphatic carbocycles. The lowest BCUT2D eigenvalue weighted by Gasteiger charge is -2.09. The topological polar surface area (TPSA) is 26.3 Å². The number of benzene rings is 1. The van der Waals surface area contributed by atoms with Crippen molar-refractivity contribution in [3.05, 3.63) is 29.8 Å². The Morgan fingerprint density at radius 3 is 2.47 bits per heavy atom. The second-order valence-electron chi connectivity index (χ2n) is 3.92. The maximum atomic E-state index is 11.6. The standard InChI is InChI=1S/C13H18O2/c1-4-5-11(3)13(14)15-12-8-6-10(2)7-9-12/h6-9,11H,4-5H2,1-3H3. The van der Waals surface area contributed by atoms with Gasteiger partial charge in [-0.05, 0) is 25.5 Å². The van der Waals surface area contributed by atoms with Gasteiger partial charge in [0.25, 0.3) is 0 Å². The molecule has 0 aromatic heterocycles. The van der Waals surface area contributed by atoms with Crippen molar-refractivity contribution in [1.82, 2.24) is 0 Å². The number of aryl methyl sites for hydroxylation is 1. The zero-order valence-electron chi connectivity index (χ0n) is 9.62. The average Bonchev–Trinajstić information content (AvgIpc) is 2.22. The quantitative estimate of drug-likeness (QED) is 0.558. The molecule has 0 saturated heterocycles. The lowest BCUT2D eigenvalue weighted by Crippen LogP contribution is -2.17. The van der Waals surface area contributed by atoms with Crippen molar-refractivity contribution in [3.63, 3.8) is 0 Å². The summed E-state index contributed by atoms with van der Waals surface area (Å²) in [6.07, 6.45) is 1.88. The number of esters is 1. The summed E-state index contributed by atoms with van der Waals surface area (Å²) in [5.74, 6) is 0.477. The summed E-state index contributed by atoms with van der Waals surface area (Å²) in [7, 11) is 0. The van der Waals surface area contributed by atoms with Gasteiger partial charge >= 0.3 is 5.97 Å². The molecule has 1 rings (SSSR count). The Kier molecular flexibility index (Phi) is 4.35. The first-order chi connectivity index (χ1) is 7.13. The third kappa shape index (κ3) is 3.74. The van der Waals surface area contributed by atoms with E-state index in [1.807, 2.05) is 38.1 Å². The molecule has 2 nitrogen and oxygen atoms in total. The van der Waals surface area contributed by atoms with E-state index < -0.39 is 0 Å². The maximum absolute atomic E-state index is 11.6. The number of hydrogen-bond acceptors (Lipinski definition) is 2. The van der Waals surface area contributed by atoms with Gasteiger partial charge in [-0.2, -0.15) is 0 Å². The summed E-state index contributed by atoms with van der Waals surface area (Å²) < 4.78 is 5.24. The van der Waals surface area contributed by atoms with Crippen LogP contribution >= 0.6 is 0 Å². The van der Waals surface area contributed by atoms with Crippen LogP contribution in [0.5, 0.6) is 5.75 Å². The largest absolute Gasteiger partial charge is 0.426 e. The Morgan fingerprint density at radius 2 is 1.93 bits per heavy atom. The molecule has 0 N–H and O–H groups in total. The smallest absolute Gasteiger partial charge is 0.314 e. The van der Waals surface area contributed by atoms with E-state index in [0.29, 0.717) is 5.75 Å². The van der Waals surface area contributed by atoms with Crippen molar-refractivity contribution in [2.24, 2.45) is 5.92 Å². The van der Waals surface area contributed by atoms with Crippen molar-refractivity contribution in [1.29, 1.82) is 0 Å². The zero-order valence-corrected chi connectivity index (χ0v) is 9.62. The first-order valence-electron chi connectivity index (χ1n) is 5.42. The van der Waals surface area contributed by atoms with Crippen LogP contribution in [-0.4, -0.2) is 5.97 Å². The number of carbonyl (C=O) groups is 1. The van der Waals surface area contributed by atoms with E-state index in [1.54, 1.807) is 0 Å². The maximum Gasteiger partial charge on any atom is 0.314 e. The van der Waals surface area contributed by atoms with E-state index in [4.69, 9.17) is 4.74 Å². The minimum absolute atomic E-state index is 0.0173. The highest BCUT2D eigenvalue weighted by atomic mass is 16.5. The second-order valence-corrected chi connectivity index (χ2v) is 3.92. The fourth-order valence-corrected chi connectivity index (χ4v) is 1.37. The highest BCUT2D eigenvalue weighted by Crippen LogP contribution is 2.15. The van der Waals surface area contributed by atoms with Gasteiger partial charge in [-0.1, -0.05) is 38.0 Å². The fourth-order valence-electron chi connectivity index (χ4n) is 1.37. The summed E-state index contributed by atoms with van der Waals surface area (Å²) >= 11 is 0. The first kappa shape index (κ1) is 11.8. The van der Waals surface area contributed by atoms with Crippen LogP contribution in [0.4, 0.5) is 0 Å². The zero-order chi connectivity index (χ0) is 11.3. The van der Waals surface area contributed by atoms with Crippen LogP contribution in [0, 0.1) is 12.8 Å². The van der Waals surface area contributed by atoms with Crippen molar-refractivity contribution in [2.75, 3.05) is 0 Å². The van der Waals surface area contributed by atoms with Crippen LogP contribution in [0.25, 0.3) is 0 Å². The minimum Gasteiger partial charge on any atom is -0.426 e. The van der Waals surface area contributed by atoms with E-state index in [0.717, 1.165) is 18.4 Å². The molecule has 0 aliphatic rings. The molecule has 1 aromatic carbocycles. The third-order valence-corrected chi connectivity index (χ3v) is 2.36. The van der Waals surface area contributed by atoms with Crippen LogP contribution in [0.2, 0.25) is 0 Å². The average molecular weight is 206 g/mol. The highest BCUT2D eigenvalue weighted by Gasteiger charge is 2.13. The predicted octanol–water partition coefficient (Wildman–Crippen LogP) is 3.34. The lowest BCUT2D eigenvalue weighted by atomic mass is 10.1. The van der Waals surface area contributed by atoms with Crippen LogP contribution in [0.3, 0.4) is 0 Å². The van der Waals surface area contributed by atoms with Gasteiger partial charge in [0.1, 0.15) is 5.75 Å². The SMILES string of the molecule is CCCC(C)C(=O)Oc1ccc(C)cc1. The number of rotatable bonds is 4. The fraction of sp³-hybridized carbons (Fsp3) is 0.462. The Bertz CT molecular complexity index is 314. The lowest BCUT2D eigenvalue weighted by molar-refractivity contribution is -0.138. The molecule has 2 heteroatoms. The van der Waals surface area contributed by atoms with Gasteiger partial charge in [-0.3, -0.25) is 4.79 Å². The molecule has 0 bridgehead atoms. The molecule has 1 aromatic rings. The normalized spacial score (nSPS) is 12.2. The molecule has 0 radical (unpaired) electrons. The Labute approximate surface area is 91.3 Å². The van der Waals surface area contributed by atoms with Gasteiger partial charge in [0, 0.05) is 0 Å². The molecule has 1 atom stereocenters. The number of carbonyl (C=O) groups excluding carboxylic acids is 1. The molecular weight excluding hydrogens is 188 g/mol. The van der Waals surface area contributed by atoms with Crippen LogP contribution in [-0.2, 0) is 4.79 Å². The summed E-state index contributed by atoms with van der Waals surface area (Å²) in [6.45, 7) is 5.97. The van der Waals surface area contributed by atoms with Crippen molar-refractivity contribution >= 4 is 5.97 Å². The molecule has 0 spiro atoms. The molecule has 0 fully saturated rings. The molecule has 15 heavy (non-hydrogen) atoms. The summed E-state index contributed by atoms with van der Waals surface area (Å²) in [4.78, 5) is 11.6. The minimum atomic E-state index is -0.138. The van der Waals surface area contributed by atoms with Crippen molar-refractivity contribution in [2.45, 2.75) is 33.6 Å². The predicted molar refractivity (Wildman–Crippen MR) is 60.9 cm³/mol. The Balaban J connectivity index is 2.54. The second kappa shape index (κ2) is 5.54. The Hall–Kier alpha value is -1.31. The van der Waals surface area contributed by atoms with Crippen molar-refractivity contribution < 1.29 is 9.53 Å². The van der Waals surface area contributed by atoms with Gasteiger partial charge in [0.05, 0.1) is 5.92 Å². The van der Waals surface area contributed by atoms with E-state index >= 15 is 0 Å². The van der Waals surface area contributed by atoms with Gasteiger partial charge in [0.2, 0.25) is 0 Å². The molecule has 0 aliphatic heterocycles. The molecule has 82 valence electrons. The van der Waals surface area contributed by atoms with E-state index in [2.05, 4.69) is 6.92 Å². The van der Waals surface area contributed by atoms with Gasteiger partial charge in [-0.25, -0.2) is 0 Å². The van der Waals surface area contributed by atoms with E-state index in [1.165, 1.54) is 0 Å². The van der Waals surface area contributed by atoms with Gasteiger partial charge < -0.3 is 4.74 Å².